The standard InChI is InChI=1S/C11H22N2O2/c12-11(14)15-9-8-13-7-6-10-4-2-1-3-5-10/h10,13H,1-9H2,(H2,12,14). The third-order valence-electron chi connectivity index (χ3n) is 2.98. The van der Waals surface area contributed by atoms with Crippen LogP contribution in [0.4, 0.5) is 4.79 Å². The van der Waals surface area contributed by atoms with Gasteiger partial charge in [-0.3, -0.25) is 0 Å². The Labute approximate surface area is 91.5 Å². The van der Waals surface area contributed by atoms with Gasteiger partial charge >= 0.3 is 6.09 Å². The summed E-state index contributed by atoms with van der Waals surface area (Å²) >= 11 is 0. The third kappa shape index (κ3) is 6.33. The Hall–Kier alpha value is -0.770. The molecule has 3 N–H and O–H groups in total. The molecule has 0 aromatic rings. The lowest BCUT2D eigenvalue weighted by atomic mass is 9.87. The Balaban J connectivity index is 1.85. The third-order valence-corrected chi connectivity index (χ3v) is 2.98. The largest absolute Gasteiger partial charge is 0.448 e. The normalized spacial score (nSPS) is 17.6. The number of carbonyl (C=O) groups excluding carboxylic acids is 1. The van der Waals surface area contributed by atoms with Gasteiger partial charge in [0.1, 0.15) is 6.61 Å². The molecular formula is C11H22N2O2. The van der Waals surface area contributed by atoms with Gasteiger partial charge in [0.05, 0.1) is 0 Å². The van der Waals surface area contributed by atoms with Crippen LogP contribution in [-0.4, -0.2) is 25.8 Å². The Morgan fingerprint density at radius 2 is 2.00 bits per heavy atom. The van der Waals surface area contributed by atoms with Gasteiger partial charge in [0.15, 0.2) is 0 Å². The molecule has 1 amide bonds. The van der Waals surface area contributed by atoms with Crippen LogP contribution in [-0.2, 0) is 4.74 Å². The molecular weight excluding hydrogens is 192 g/mol. The molecule has 0 aliphatic heterocycles. The van der Waals surface area contributed by atoms with Crippen LogP contribution in [0.15, 0.2) is 0 Å². The molecule has 0 bridgehead atoms. The summed E-state index contributed by atoms with van der Waals surface area (Å²) in [4.78, 5) is 10.3. The van der Waals surface area contributed by atoms with Crippen LogP contribution < -0.4 is 11.1 Å². The summed E-state index contributed by atoms with van der Waals surface area (Å²) in [5.41, 5.74) is 4.84. The topological polar surface area (TPSA) is 64.4 Å². The lowest BCUT2D eigenvalue weighted by Gasteiger charge is -2.21. The van der Waals surface area contributed by atoms with E-state index in [0.29, 0.717) is 13.2 Å². The molecule has 88 valence electrons. The first-order valence-electron chi connectivity index (χ1n) is 5.92. The van der Waals surface area contributed by atoms with Crippen molar-refractivity contribution in [2.75, 3.05) is 19.7 Å². The summed E-state index contributed by atoms with van der Waals surface area (Å²) in [5, 5.41) is 3.26. The average Bonchev–Trinajstić information content (AvgIpc) is 2.24. The zero-order chi connectivity index (χ0) is 10.9. The first-order chi connectivity index (χ1) is 7.29. The SMILES string of the molecule is NC(=O)OCCNCCC1CCCCC1. The van der Waals surface area contributed by atoms with E-state index in [4.69, 9.17) is 5.73 Å². The number of hydrogen-bond donors (Lipinski definition) is 2. The van der Waals surface area contributed by atoms with Gasteiger partial charge in [-0.2, -0.15) is 0 Å². The van der Waals surface area contributed by atoms with Gasteiger partial charge in [-0.1, -0.05) is 32.1 Å². The number of primary amides is 1. The first kappa shape index (κ1) is 12.3. The maximum Gasteiger partial charge on any atom is 0.404 e. The maximum atomic E-state index is 10.3. The summed E-state index contributed by atoms with van der Waals surface area (Å²) in [7, 11) is 0. The van der Waals surface area contributed by atoms with Crippen molar-refractivity contribution in [1.29, 1.82) is 0 Å². The molecule has 0 unspecified atom stereocenters. The zero-order valence-corrected chi connectivity index (χ0v) is 9.34. The predicted molar refractivity (Wildman–Crippen MR) is 59.6 cm³/mol. The highest BCUT2D eigenvalue weighted by Crippen LogP contribution is 2.25. The predicted octanol–water partition coefficient (Wildman–Crippen LogP) is 1.64. The second kappa shape index (κ2) is 7.51. The fourth-order valence-corrected chi connectivity index (χ4v) is 2.13. The molecule has 1 aliphatic carbocycles. The minimum Gasteiger partial charge on any atom is -0.448 e. The van der Waals surface area contributed by atoms with E-state index < -0.39 is 6.09 Å². The Morgan fingerprint density at radius 1 is 1.27 bits per heavy atom. The highest BCUT2D eigenvalue weighted by molar-refractivity contribution is 5.64. The number of nitrogens with two attached hydrogens (primary N) is 1. The highest BCUT2D eigenvalue weighted by atomic mass is 16.5. The molecule has 0 aromatic heterocycles. The second-order valence-corrected chi connectivity index (χ2v) is 4.21. The number of carbonyl (C=O) groups is 1. The van der Waals surface area contributed by atoms with Crippen LogP contribution in [0.2, 0.25) is 0 Å². The molecule has 4 heteroatoms. The van der Waals surface area contributed by atoms with E-state index in [2.05, 4.69) is 10.1 Å². The Bertz CT molecular complexity index is 179. The quantitative estimate of drug-likeness (QED) is 0.661. The summed E-state index contributed by atoms with van der Waals surface area (Å²) in [6, 6.07) is 0. The number of amides is 1. The molecule has 0 aromatic carbocycles. The summed E-state index contributed by atoms with van der Waals surface area (Å²) in [6.07, 6.45) is 7.54. The lowest BCUT2D eigenvalue weighted by molar-refractivity contribution is 0.157. The molecule has 15 heavy (non-hydrogen) atoms. The van der Waals surface area contributed by atoms with Crippen molar-refractivity contribution >= 4 is 6.09 Å². The van der Waals surface area contributed by atoms with Crippen molar-refractivity contribution in [3.05, 3.63) is 0 Å². The van der Waals surface area contributed by atoms with Gasteiger partial charge in [0, 0.05) is 6.54 Å². The van der Waals surface area contributed by atoms with Crippen LogP contribution in [0.3, 0.4) is 0 Å². The molecule has 1 saturated carbocycles. The number of hydrogen-bond acceptors (Lipinski definition) is 3. The number of rotatable bonds is 6. The monoisotopic (exact) mass is 214 g/mol. The van der Waals surface area contributed by atoms with Crippen LogP contribution in [0.5, 0.6) is 0 Å². The van der Waals surface area contributed by atoms with Gasteiger partial charge in [0.2, 0.25) is 0 Å². The molecule has 0 saturated heterocycles. The van der Waals surface area contributed by atoms with E-state index in [1.54, 1.807) is 0 Å². The smallest absolute Gasteiger partial charge is 0.404 e. The average molecular weight is 214 g/mol. The number of nitrogens with one attached hydrogen (secondary N) is 1. The van der Waals surface area contributed by atoms with Crippen LogP contribution >= 0.6 is 0 Å². The number of ether oxygens (including phenoxy) is 1. The molecule has 0 heterocycles. The summed E-state index contributed by atoms with van der Waals surface area (Å²) < 4.78 is 4.61. The maximum absolute atomic E-state index is 10.3. The van der Waals surface area contributed by atoms with E-state index >= 15 is 0 Å². The van der Waals surface area contributed by atoms with Crippen molar-refractivity contribution in [2.24, 2.45) is 11.7 Å². The van der Waals surface area contributed by atoms with Gasteiger partial charge in [-0.05, 0) is 18.9 Å². The molecule has 0 radical (unpaired) electrons. The van der Waals surface area contributed by atoms with Crippen molar-refractivity contribution in [2.45, 2.75) is 38.5 Å². The van der Waals surface area contributed by atoms with Crippen molar-refractivity contribution in [3.63, 3.8) is 0 Å². The van der Waals surface area contributed by atoms with Gasteiger partial charge < -0.3 is 15.8 Å². The second-order valence-electron chi connectivity index (χ2n) is 4.21. The molecule has 1 rings (SSSR count). The van der Waals surface area contributed by atoms with Crippen LogP contribution in [0.1, 0.15) is 38.5 Å². The van der Waals surface area contributed by atoms with E-state index in [9.17, 15) is 4.79 Å². The van der Waals surface area contributed by atoms with Crippen molar-refractivity contribution in [3.8, 4) is 0 Å². The van der Waals surface area contributed by atoms with Gasteiger partial charge in [-0.15, -0.1) is 0 Å². The fourth-order valence-electron chi connectivity index (χ4n) is 2.13. The van der Waals surface area contributed by atoms with Gasteiger partial charge in [-0.25, -0.2) is 4.79 Å². The Kier molecular flexibility index (Phi) is 6.16. The minimum absolute atomic E-state index is 0.375. The molecule has 1 fully saturated rings. The lowest BCUT2D eigenvalue weighted by Crippen LogP contribution is -2.25. The molecule has 0 spiro atoms. The van der Waals surface area contributed by atoms with E-state index in [1.165, 1.54) is 38.5 Å². The highest BCUT2D eigenvalue weighted by Gasteiger charge is 2.12. The Morgan fingerprint density at radius 3 is 2.67 bits per heavy atom. The molecule has 1 aliphatic rings. The fraction of sp³-hybridized carbons (Fsp3) is 0.909. The molecule has 0 atom stereocenters. The van der Waals surface area contributed by atoms with Crippen molar-refractivity contribution in [1.82, 2.24) is 5.32 Å². The molecule has 4 nitrogen and oxygen atoms in total. The van der Waals surface area contributed by atoms with Gasteiger partial charge in [0.25, 0.3) is 0 Å². The van der Waals surface area contributed by atoms with E-state index in [1.807, 2.05) is 0 Å². The van der Waals surface area contributed by atoms with E-state index in [-0.39, 0.29) is 0 Å². The zero-order valence-electron chi connectivity index (χ0n) is 9.34. The van der Waals surface area contributed by atoms with Crippen LogP contribution in [0.25, 0.3) is 0 Å². The van der Waals surface area contributed by atoms with E-state index in [0.717, 1.165) is 12.5 Å². The summed E-state index contributed by atoms with van der Waals surface area (Å²) in [6.45, 7) is 2.10. The summed E-state index contributed by atoms with van der Waals surface area (Å²) in [5.74, 6) is 0.906. The first-order valence-corrected chi connectivity index (χ1v) is 5.92. The minimum atomic E-state index is -0.691. The van der Waals surface area contributed by atoms with Crippen LogP contribution in [0, 0.1) is 5.92 Å². The van der Waals surface area contributed by atoms with Crippen molar-refractivity contribution < 1.29 is 9.53 Å².